The van der Waals surface area contributed by atoms with Gasteiger partial charge in [-0.05, 0) is 49.2 Å². The third kappa shape index (κ3) is 7.47. The van der Waals surface area contributed by atoms with Crippen molar-refractivity contribution in [1.29, 1.82) is 0 Å². The van der Waals surface area contributed by atoms with Crippen LogP contribution >= 0.6 is 11.6 Å². The minimum Gasteiger partial charge on any atom is -0.370 e. The molecule has 0 aliphatic carbocycles. The van der Waals surface area contributed by atoms with Gasteiger partial charge >= 0.3 is 0 Å². The molecule has 3 atom stereocenters. The maximum atomic E-state index is 13.2. The fraction of sp³-hybridized carbons (Fsp3) is 0.345. The maximum Gasteiger partial charge on any atom is 0.165 e. The normalized spacial score (nSPS) is 18.8. The van der Waals surface area contributed by atoms with Crippen LogP contribution < -0.4 is 0 Å². The summed E-state index contributed by atoms with van der Waals surface area (Å²) in [5.74, 6) is -0.783. The molecule has 0 amide bonds. The molecule has 0 aromatic heterocycles. The molecule has 1 fully saturated rings. The van der Waals surface area contributed by atoms with Crippen LogP contribution in [-0.2, 0) is 32.2 Å². The van der Waals surface area contributed by atoms with Gasteiger partial charge in [0.2, 0.25) is 0 Å². The molecule has 35 heavy (non-hydrogen) atoms. The van der Waals surface area contributed by atoms with E-state index in [1.54, 1.807) is 24.3 Å². The van der Waals surface area contributed by atoms with Crippen LogP contribution in [0.5, 0.6) is 0 Å². The number of hydrogen-bond donors (Lipinski definition) is 0. The molecule has 184 valence electrons. The molecule has 0 spiro atoms. The van der Waals surface area contributed by atoms with Crippen molar-refractivity contribution in [3.05, 3.63) is 107 Å². The number of carbonyl (C=O) groups excluding carboxylic acids is 1. The van der Waals surface area contributed by atoms with Crippen molar-refractivity contribution in [3.8, 4) is 0 Å². The van der Waals surface area contributed by atoms with Crippen molar-refractivity contribution in [1.82, 2.24) is 0 Å². The van der Waals surface area contributed by atoms with Crippen LogP contribution in [-0.4, -0.2) is 36.5 Å². The number of carbonyl (C=O) groups is 1. The highest BCUT2D eigenvalue weighted by Crippen LogP contribution is 2.30. The smallest absolute Gasteiger partial charge is 0.165 e. The highest BCUT2D eigenvalue weighted by atomic mass is 35.5. The second kappa shape index (κ2) is 11.9. The van der Waals surface area contributed by atoms with Crippen LogP contribution in [0.3, 0.4) is 0 Å². The van der Waals surface area contributed by atoms with Crippen molar-refractivity contribution in [2.75, 3.05) is 6.61 Å². The summed E-state index contributed by atoms with van der Waals surface area (Å²) in [6, 6.07) is 26.7. The molecule has 3 aromatic rings. The second-order valence-electron chi connectivity index (χ2n) is 9.10. The van der Waals surface area contributed by atoms with E-state index in [9.17, 15) is 4.79 Å². The van der Waals surface area contributed by atoms with Gasteiger partial charge in [0, 0.05) is 17.0 Å². The Bertz CT molecular complexity index is 1070. The van der Waals surface area contributed by atoms with Gasteiger partial charge in [-0.3, -0.25) is 4.79 Å². The Kier molecular flexibility index (Phi) is 8.71. The standard InChI is InChI=1S/C29H31ClO5/c1-29(2)34-20-27(35-29)28(33-19-22-11-7-4-8-12-22)26(32-18-21-9-5-3-6-10-21)17-25(31)23-13-15-24(30)16-14-23/h3-16,26-28H,17-20H2,1-2H3/t26-,27-,28+/m1/s1. The summed E-state index contributed by atoms with van der Waals surface area (Å²) in [5.41, 5.74) is 2.62. The van der Waals surface area contributed by atoms with Gasteiger partial charge in [-0.25, -0.2) is 0 Å². The van der Waals surface area contributed by atoms with Gasteiger partial charge in [0.15, 0.2) is 11.6 Å². The molecule has 3 aromatic carbocycles. The Morgan fingerprint density at radius 3 is 2.03 bits per heavy atom. The Labute approximate surface area is 211 Å². The number of benzene rings is 3. The topological polar surface area (TPSA) is 54.0 Å². The molecular formula is C29H31ClO5. The molecule has 1 aliphatic rings. The Morgan fingerprint density at radius 1 is 0.914 bits per heavy atom. The molecule has 0 saturated carbocycles. The van der Waals surface area contributed by atoms with E-state index in [1.165, 1.54) is 0 Å². The van der Waals surface area contributed by atoms with Crippen LogP contribution in [0.25, 0.3) is 0 Å². The molecule has 5 nitrogen and oxygen atoms in total. The monoisotopic (exact) mass is 494 g/mol. The molecule has 1 saturated heterocycles. The Hall–Kier alpha value is -2.54. The first-order valence-corrected chi connectivity index (χ1v) is 12.2. The van der Waals surface area contributed by atoms with Crippen LogP contribution in [0.2, 0.25) is 5.02 Å². The molecule has 1 heterocycles. The first kappa shape index (κ1) is 25.5. The zero-order chi connectivity index (χ0) is 24.7. The Morgan fingerprint density at radius 2 is 1.49 bits per heavy atom. The van der Waals surface area contributed by atoms with Crippen LogP contribution in [0.1, 0.15) is 41.8 Å². The van der Waals surface area contributed by atoms with E-state index in [0.717, 1.165) is 11.1 Å². The average Bonchev–Trinajstić information content (AvgIpc) is 3.23. The lowest BCUT2D eigenvalue weighted by molar-refractivity contribution is -0.178. The van der Waals surface area contributed by atoms with E-state index in [1.807, 2.05) is 74.5 Å². The third-order valence-corrected chi connectivity index (χ3v) is 6.16. The van der Waals surface area contributed by atoms with Crippen molar-refractivity contribution in [2.45, 2.75) is 57.6 Å². The number of halogens is 1. The number of rotatable bonds is 11. The molecule has 4 rings (SSSR count). The summed E-state index contributed by atoms with van der Waals surface area (Å²) in [4.78, 5) is 13.2. The van der Waals surface area contributed by atoms with Gasteiger partial charge in [0.05, 0.1) is 25.9 Å². The lowest BCUT2D eigenvalue weighted by Crippen LogP contribution is -2.44. The quantitative estimate of drug-likeness (QED) is 0.295. The van der Waals surface area contributed by atoms with Crippen LogP contribution in [0.15, 0.2) is 84.9 Å². The summed E-state index contributed by atoms with van der Waals surface area (Å²) >= 11 is 6.02. The molecule has 1 aliphatic heterocycles. The van der Waals surface area contributed by atoms with Gasteiger partial charge in [0.1, 0.15) is 12.2 Å². The van der Waals surface area contributed by atoms with Gasteiger partial charge in [-0.2, -0.15) is 0 Å². The number of ether oxygens (including phenoxy) is 4. The first-order chi connectivity index (χ1) is 16.9. The van der Waals surface area contributed by atoms with Gasteiger partial charge in [-0.1, -0.05) is 72.3 Å². The second-order valence-corrected chi connectivity index (χ2v) is 9.53. The number of ketones is 1. The molecule has 0 unspecified atom stereocenters. The SMILES string of the molecule is CC1(C)OC[C@H]([C@@H](OCc2ccccc2)[C@@H](CC(=O)c2ccc(Cl)cc2)OCc2ccccc2)O1. The zero-order valence-electron chi connectivity index (χ0n) is 20.1. The summed E-state index contributed by atoms with van der Waals surface area (Å²) in [6.45, 7) is 4.82. The third-order valence-electron chi connectivity index (χ3n) is 5.91. The van der Waals surface area contributed by atoms with E-state index in [0.29, 0.717) is 30.4 Å². The molecule has 0 radical (unpaired) electrons. The van der Waals surface area contributed by atoms with Gasteiger partial charge in [0.25, 0.3) is 0 Å². The van der Waals surface area contributed by atoms with Crippen LogP contribution in [0, 0.1) is 0 Å². The minimum absolute atomic E-state index is 0.0498. The van der Waals surface area contributed by atoms with Gasteiger partial charge in [-0.15, -0.1) is 0 Å². The lowest BCUT2D eigenvalue weighted by Gasteiger charge is -2.31. The molecule has 6 heteroatoms. The van der Waals surface area contributed by atoms with Crippen molar-refractivity contribution in [2.24, 2.45) is 0 Å². The summed E-state index contributed by atoms with van der Waals surface area (Å²) in [7, 11) is 0. The minimum atomic E-state index is -0.733. The summed E-state index contributed by atoms with van der Waals surface area (Å²) in [5, 5.41) is 0.584. The summed E-state index contributed by atoms with van der Waals surface area (Å²) in [6.07, 6.45) is -1.32. The predicted octanol–water partition coefficient (Wildman–Crippen LogP) is 6.24. The number of Topliss-reactive ketones (excluding diaryl/α,β-unsaturated/α-hetero) is 1. The molecular weight excluding hydrogens is 464 g/mol. The largest absolute Gasteiger partial charge is 0.370 e. The molecule has 0 bridgehead atoms. The van der Waals surface area contributed by atoms with E-state index in [4.69, 9.17) is 30.5 Å². The van der Waals surface area contributed by atoms with Crippen molar-refractivity contribution >= 4 is 17.4 Å². The lowest BCUT2D eigenvalue weighted by atomic mass is 9.98. The summed E-state index contributed by atoms with van der Waals surface area (Å²) < 4.78 is 24.8. The predicted molar refractivity (Wildman–Crippen MR) is 135 cm³/mol. The maximum absolute atomic E-state index is 13.2. The fourth-order valence-electron chi connectivity index (χ4n) is 4.08. The highest BCUT2D eigenvalue weighted by molar-refractivity contribution is 6.30. The van der Waals surface area contributed by atoms with E-state index in [-0.39, 0.29) is 18.3 Å². The Balaban J connectivity index is 1.57. The number of hydrogen-bond acceptors (Lipinski definition) is 5. The van der Waals surface area contributed by atoms with Crippen molar-refractivity contribution < 1.29 is 23.7 Å². The van der Waals surface area contributed by atoms with E-state index >= 15 is 0 Å². The zero-order valence-corrected chi connectivity index (χ0v) is 20.8. The van der Waals surface area contributed by atoms with E-state index in [2.05, 4.69) is 0 Å². The first-order valence-electron chi connectivity index (χ1n) is 11.8. The van der Waals surface area contributed by atoms with Crippen molar-refractivity contribution in [3.63, 3.8) is 0 Å². The van der Waals surface area contributed by atoms with Gasteiger partial charge < -0.3 is 18.9 Å². The highest BCUT2D eigenvalue weighted by Gasteiger charge is 2.42. The van der Waals surface area contributed by atoms with Crippen LogP contribution in [0.4, 0.5) is 0 Å². The molecule has 0 N–H and O–H groups in total. The average molecular weight is 495 g/mol. The fourth-order valence-corrected chi connectivity index (χ4v) is 4.21. The van der Waals surface area contributed by atoms with E-state index < -0.39 is 18.0 Å².